The number of hydrogen-bond donors (Lipinski definition) is 0. The van der Waals surface area contributed by atoms with Crippen LogP contribution < -0.4 is 9.80 Å². The first kappa shape index (κ1) is 15.2. The Balaban J connectivity index is 1.76. The quantitative estimate of drug-likeness (QED) is 0.874. The van der Waals surface area contributed by atoms with E-state index in [1.54, 1.807) is 24.1 Å². The van der Waals surface area contributed by atoms with Gasteiger partial charge in [-0.2, -0.15) is 0 Å². The summed E-state index contributed by atoms with van der Waals surface area (Å²) in [6.45, 7) is 0.0514. The summed E-state index contributed by atoms with van der Waals surface area (Å²) in [7, 11) is 1.71. The number of carbonyl (C=O) groups excluding carboxylic acids is 2. The molecule has 4 nitrogen and oxygen atoms in total. The van der Waals surface area contributed by atoms with Crippen molar-refractivity contribution in [3.05, 3.63) is 59.9 Å². The molecule has 0 aliphatic carbocycles. The number of amides is 2. The number of halogens is 1. The Morgan fingerprint density at radius 3 is 2.43 bits per heavy atom. The summed E-state index contributed by atoms with van der Waals surface area (Å²) in [5.41, 5.74) is 2.38. The lowest BCUT2D eigenvalue weighted by Crippen LogP contribution is -2.46. The van der Waals surface area contributed by atoms with E-state index >= 15 is 0 Å². The van der Waals surface area contributed by atoms with Gasteiger partial charge in [-0.3, -0.25) is 9.59 Å². The van der Waals surface area contributed by atoms with Crippen molar-refractivity contribution in [3.63, 3.8) is 0 Å². The average Bonchev–Trinajstić information content (AvgIpc) is 2.57. The van der Waals surface area contributed by atoms with Crippen LogP contribution >= 0.6 is 0 Å². The van der Waals surface area contributed by atoms with Crippen LogP contribution in [0.3, 0.4) is 0 Å². The lowest BCUT2D eigenvalue weighted by molar-refractivity contribution is -0.122. The third-order valence-corrected chi connectivity index (χ3v) is 4.04. The molecule has 0 unspecified atom stereocenters. The van der Waals surface area contributed by atoms with Gasteiger partial charge in [0.1, 0.15) is 12.4 Å². The molecule has 1 heterocycles. The molecule has 23 heavy (non-hydrogen) atoms. The molecule has 0 N–H and O–H groups in total. The number of carbonyl (C=O) groups is 2. The van der Waals surface area contributed by atoms with Gasteiger partial charge in [-0.05, 0) is 36.2 Å². The minimum absolute atomic E-state index is 0.0514. The summed E-state index contributed by atoms with van der Waals surface area (Å²) >= 11 is 0. The van der Waals surface area contributed by atoms with Crippen molar-refractivity contribution in [2.45, 2.75) is 12.8 Å². The first-order valence-electron chi connectivity index (χ1n) is 7.46. The number of likely N-dealkylation sites (N-methyl/N-ethyl adjacent to an activating group) is 1. The molecule has 5 heteroatoms. The van der Waals surface area contributed by atoms with Crippen LogP contribution in [0.1, 0.15) is 12.0 Å². The topological polar surface area (TPSA) is 40.6 Å². The summed E-state index contributed by atoms with van der Waals surface area (Å²) in [5, 5.41) is 0. The highest BCUT2D eigenvalue weighted by Crippen LogP contribution is 2.32. The zero-order valence-corrected chi connectivity index (χ0v) is 12.8. The van der Waals surface area contributed by atoms with Crippen molar-refractivity contribution in [3.8, 4) is 0 Å². The molecule has 2 amide bonds. The summed E-state index contributed by atoms with van der Waals surface area (Å²) < 4.78 is 12.9. The van der Waals surface area contributed by atoms with Crippen LogP contribution in [0.4, 0.5) is 15.8 Å². The second kappa shape index (κ2) is 6.20. The second-order valence-electron chi connectivity index (χ2n) is 5.55. The normalized spacial score (nSPS) is 13.9. The number of anilines is 2. The van der Waals surface area contributed by atoms with Gasteiger partial charge >= 0.3 is 0 Å². The van der Waals surface area contributed by atoms with E-state index in [2.05, 4.69) is 0 Å². The Labute approximate surface area is 134 Å². The van der Waals surface area contributed by atoms with Crippen molar-refractivity contribution in [2.75, 3.05) is 23.4 Å². The molecule has 1 aliphatic rings. The molecule has 3 rings (SSSR count). The van der Waals surface area contributed by atoms with Crippen LogP contribution in [0.2, 0.25) is 0 Å². The third-order valence-electron chi connectivity index (χ3n) is 4.04. The van der Waals surface area contributed by atoms with Gasteiger partial charge in [0, 0.05) is 13.5 Å². The van der Waals surface area contributed by atoms with E-state index in [4.69, 9.17) is 0 Å². The first-order valence-corrected chi connectivity index (χ1v) is 7.46. The Bertz CT molecular complexity index is 743. The minimum Gasteiger partial charge on any atom is -0.312 e. The fraction of sp³-hybridized carbons (Fsp3) is 0.222. The molecule has 0 bridgehead atoms. The van der Waals surface area contributed by atoms with Gasteiger partial charge in [-0.1, -0.05) is 24.3 Å². The van der Waals surface area contributed by atoms with Gasteiger partial charge in [-0.15, -0.1) is 0 Å². The number of nitrogens with zero attached hydrogens (tertiary/aromatic N) is 2. The van der Waals surface area contributed by atoms with Gasteiger partial charge in [0.05, 0.1) is 11.4 Å². The fourth-order valence-electron chi connectivity index (χ4n) is 2.70. The molecule has 0 fully saturated rings. The molecule has 0 aromatic heterocycles. The second-order valence-corrected chi connectivity index (χ2v) is 5.55. The molecule has 0 spiro atoms. The lowest BCUT2D eigenvalue weighted by Gasteiger charge is -2.34. The monoisotopic (exact) mass is 312 g/mol. The zero-order valence-electron chi connectivity index (χ0n) is 12.8. The number of fused-ring (bicyclic) bond motifs is 1. The summed E-state index contributed by atoms with van der Waals surface area (Å²) in [6.07, 6.45) is 0.790. The van der Waals surface area contributed by atoms with Crippen molar-refractivity contribution in [2.24, 2.45) is 0 Å². The third kappa shape index (κ3) is 3.08. The smallest absolute Gasteiger partial charge is 0.246 e. The Kier molecular flexibility index (Phi) is 4.10. The predicted molar refractivity (Wildman–Crippen MR) is 86.9 cm³/mol. The highest BCUT2D eigenvalue weighted by molar-refractivity contribution is 6.10. The maximum absolute atomic E-state index is 12.9. The number of para-hydroxylation sites is 2. The van der Waals surface area contributed by atoms with E-state index in [1.165, 1.54) is 17.0 Å². The van der Waals surface area contributed by atoms with Crippen LogP contribution in [-0.2, 0) is 16.0 Å². The SMILES string of the molecule is CN1C(=O)CN(C(=O)CCc2ccc(F)cc2)c2ccccc21. The van der Waals surface area contributed by atoms with Gasteiger partial charge < -0.3 is 9.80 Å². The molecular formula is C18H17FN2O2. The minimum atomic E-state index is -0.293. The zero-order chi connectivity index (χ0) is 16.4. The Hall–Kier alpha value is -2.69. The number of benzene rings is 2. The van der Waals surface area contributed by atoms with Crippen LogP contribution in [0.5, 0.6) is 0 Å². The van der Waals surface area contributed by atoms with E-state index in [0.717, 1.165) is 16.9 Å². The molecule has 0 radical (unpaired) electrons. The molecule has 2 aromatic rings. The molecular weight excluding hydrogens is 295 g/mol. The first-order chi connectivity index (χ1) is 11.1. The summed E-state index contributed by atoms with van der Waals surface area (Å²) in [4.78, 5) is 27.7. The van der Waals surface area contributed by atoms with Crippen molar-refractivity contribution >= 4 is 23.2 Å². The average molecular weight is 312 g/mol. The molecule has 1 aliphatic heterocycles. The standard InChI is InChI=1S/C18H17FN2O2/c1-20-15-4-2-3-5-16(15)21(12-18(20)23)17(22)11-8-13-6-9-14(19)10-7-13/h2-7,9-10H,8,11-12H2,1H3. The molecule has 118 valence electrons. The van der Waals surface area contributed by atoms with Crippen molar-refractivity contribution in [1.29, 1.82) is 0 Å². The largest absolute Gasteiger partial charge is 0.312 e. The highest BCUT2D eigenvalue weighted by Gasteiger charge is 2.29. The van der Waals surface area contributed by atoms with Crippen LogP contribution in [-0.4, -0.2) is 25.4 Å². The number of hydrogen-bond acceptors (Lipinski definition) is 2. The summed E-state index contributed by atoms with van der Waals surface area (Å²) in [5.74, 6) is -0.513. The van der Waals surface area contributed by atoms with Crippen LogP contribution in [0, 0.1) is 5.82 Å². The fourth-order valence-corrected chi connectivity index (χ4v) is 2.70. The number of aryl methyl sites for hydroxylation is 1. The van der Waals surface area contributed by atoms with Crippen molar-refractivity contribution < 1.29 is 14.0 Å². The van der Waals surface area contributed by atoms with E-state index in [-0.39, 0.29) is 30.6 Å². The summed E-state index contributed by atoms with van der Waals surface area (Å²) in [6, 6.07) is 13.5. The Morgan fingerprint density at radius 1 is 1.09 bits per heavy atom. The van der Waals surface area contributed by atoms with E-state index < -0.39 is 0 Å². The molecule has 2 aromatic carbocycles. The van der Waals surface area contributed by atoms with Crippen molar-refractivity contribution in [1.82, 2.24) is 0 Å². The van der Waals surface area contributed by atoms with Gasteiger partial charge in [0.2, 0.25) is 11.8 Å². The molecule has 0 saturated carbocycles. The van der Waals surface area contributed by atoms with Gasteiger partial charge in [0.15, 0.2) is 0 Å². The lowest BCUT2D eigenvalue weighted by atomic mass is 10.1. The predicted octanol–water partition coefficient (Wildman–Crippen LogP) is 2.77. The van der Waals surface area contributed by atoms with Crippen LogP contribution in [0.15, 0.2) is 48.5 Å². The molecule has 0 atom stereocenters. The van der Waals surface area contributed by atoms with E-state index in [9.17, 15) is 14.0 Å². The highest BCUT2D eigenvalue weighted by atomic mass is 19.1. The Morgan fingerprint density at radius 2 is 1.74 bits per heavy atom. The van der Waals surface area contributed by atoms with Gasteiger partial charge in [-0.25, -0.2) is 4.39 Å². The van der Waals surface area contributed by atoms with Gasteiger partial charge in [0.25, 0.3) is 0 Å². The van der Waals surface area contributed by atoms with Crippen LogP contribution in [0.25, 0.3) is 0 Å². The number of rotatable bonds is 3. The van der Waals surface area contributed by atoms with E-state index in [1.807, 2.05) is 24.3 Å². The maximum Gasteiger partial charge on any atom is 0.246 e. The maximum atomic E-state index is 12.9. The van der Waals surface area contributed by atoms with E-state index in [0.29, 0.717) is 6.42 Å². The molecule has 0 saturated heterocycles.